The van der Waals surface area contributed by atoms with Gasteiger partial charge in [0.1, 0.15) is 0 Å². The van der Waals surface area contributed by atoms with Gasteiger partial charge in [-0.25, -0.2) is 9.59 Å². The Morgan fingerprint density at radius 2 is 1.14 bits per heavy atom. The van der Waals surface area contributed by atoms with Gasteiger partial charge in [0.2, 0.25) is 0 Å². The molecule has 4 heteroatoms. The summed E-state index contributed by atoms with van der Waals surface area (Å²) in [5, 5.41) is 20.3. The number of hydrogen-bond acceptors (Lipinski definition) is 2. The number of fused-ring (bicyclic) bond motifs is 6. The van der Waals surface area contributed by atoms with Crippen LogP contribution in [-0.2, 0) is 0 Å². The van der Waals surface area contributed by atoms with Gasteiger partial charge in [-0.3, -0.25) is 0 Å². The topological polar surface area (TPSA) is 74.6 Å². The third kappa shape index (κ3) is 1.41. The highest BCUT2D eigenvalue weighted by Crippen LogP contribution is 2.53. The van der Waals surface area contributed by atoms with E-state index in [4.69, 9.17) is 0 Å². The summed E-state index contributed by atoms with van der Waals surface area (Å²) in [6.45, 7) is 0. The monoisotopic (exact) mass is 290 g/mol. The van der Waals surface area contributed by atoms with Crippen molar-refractivity contribution in [3.05, 3.63) is 59.7 Å². The van der Waals surface area contributed by atoms with Gasteiger partial charge in [-0.05, 0) is 27.5 Å². The SMILES string of the molecule is O=C(O)c1c2c(c3ccccc3c1C(=O)O)-c1ccccc1-2. The Morgan fingerprint density at radius 3 is 1.73 bits per heavy atom. The lowest BCUT2D eigenvalue weighted by Crippen LogP contribution is -2.15. The molecule has 1 aliphatic carbocycles. The lowest BCUT2D eigenvalue weighted by Gasteiger charge is -2.28. The fraction of sp³-hybridized carbons (Fsp3) is 0. The van der Waals surface area contributed by atoms with Crippen LogP contribution in [0.4, 0.5) is 0 Å². The van der Waals surface area contributed by atoms with Gasteiger partial charge in [-0.2, -0.15) is 0 Å². The maximum Gasteiger partial charge on any atom is 0.337 e. The first-order valence-electron chi connectivity index (χ1n) is 6.76. The smallest absolute Gasteiger partial charge is 0.337 e. The van der Waals surface area contributed by atoms with Crippen molar-refractivity contribution >= 4 is 22.7 Å². The normalized spacial score (nSPS) is 11.5. The van der Waals surface area contributed by atoms with Crippen LogP contribution >= 0.6 is 0 Å². The van der Waals surface area contributed by atoms with Crippen LogP contribution in [0.15, 0.2) is 48.5 Å². The van der Waals surface area contributed by atoms with Crippen molar-refractivity contribution in [1.29, 1.82) is 0 Å². The van der Waals surface area contributed by atoms with E-state index < -0.39 is 11.9 Å². The van der Waals surface area contributed by atoms with E-state index in [1.54, 1.807) is 12.1 Å². The van der Waals surface area contributed by atoms with Gasteiger partial charge in [0.05, 0.1) is 11.1 Å². The van der Waals surface area contributed by atoms with E-state index in [0.29, 0.717) is 10.9 Å². The molecule has 3 aromatic rings. The van der Waals surface area contributed by atoms with Crippen LogP contribution < -0.4 is 0 Å². The quantitative estimate of drug-likeness (QED) is 0.587. The van der Waals surface area contributed by atoms with Crippen LogP contribution in [0.25, 0.3) is 33.0 Å². The molecule has 0 radical (unpaired) electrons. The second-order valence-corrected chi connectivity index (χ2v) is 5.20. The highest BCUT2D eigenvalue weighted by molar-refractivity contribution is 6.26. The molecule has 0 aliphatic heterocycles. The average molecular weight is 290 g/mol. The molecule has 2 N–H and O–H groups in total. The zero-order chi connectivity index (χ0) is 15.4. The molecule has 1 aliphatic rings. The molecule has 0 heterocycles. The third-order valence-corrected chi connectivity index (χ3v) is 4.11. The summed E-state index contributed by atoms with van der Waals surface area (Å²) in [6.07, 6.45) is 0. The van der Waals surface area contributed by atoms with Crippen LogP contribution in [0.1, 0.15) is 20.7 Å². The molecule has 106 valence electrons. The van der Waals surface area contributed by atoms with Gasteiger partial charge in [0, 0.05) is 5.56 Å². The van der Waals surface area contributed by atoms with Crippen LogP contribution in [0, 0.1) is 0 Å². The number of carbonyl (C=O) groups is 2. The first-order chi connectivity index (χ1) is 10.6. The Balaban J connectivity index is 2.26. The van der Waals surface area contributed by atoms with Crippen molar-refractivity contribution in [3.63, 3.8) is 0 Å². The number of aromatic carboxylic acids is 2. The standard InChI is InChI=1S/C18H10O4/c19-17(20)15-12-8-4-2-6-10(12)13-9-5-1-3-7-11(9)14(13)16(15)18(21)22/h1-8H,(H,19,20)(H,21,22). The van der Waals surface area contributed by atoms with Gasteiger partial charge in [0.25, 0.3) is 0 Å². The molecule has 4 nitrogen and oxygen atoms in total. The average Bonchev–Trinajstić information content (AvgIpc) is 2.49. The molecule has 0 saturated heterocycles. The van der Waals surface area contributed by atoms with E-state index in [1.807, 2.05) is 36.4 Å². The minimum Gasteiger partial charge on any atom is -0.478 e. The van der Waals surface area contributed by atoms with E-state index in [2.05, 4.69) is 0 Å². The Morgan fingerprint density at radius 1 is 0.636 bits per heavy atom. The van der Waals surface area contributed by atoms with Crippen LogP contribution in [0.2, 0.25) is 0 Å². The molecule has 0 saturated carbocycles. The van der Waals surface area contributed by atoms with E-state index in [1.165, 1.54) is 0 Å². The lowest BCUT2D eigenvalue weighted by molar-refractivity contribution is 0.0654. The molecule has 22 heavy (non-hydrogen) atoms. The van der Waals surface area contributed by atoms with Gasteiger partial charge >= 0.3 is 11.9 Å². The Labute approximate surface area is 125 Å². The fourth-order valence-corrected chi connectivity index (χ4v) is 3.28. The van der Waals surface area contributed by atoms with Crippen LogP contribution in [0.3, 0.4) is 0 Å². The minimum atomic E-state index is -1.22. The Hall–Kier alpha value is -3.14. The number of carboxylic acids is 2. The van der Waals surface area contributed by atoms with Gasteiger partial charge in [-0.15, -0.1) is 0 Å². The van der Waals surface area contributed by atoms with Crippen molar-refractivity contribution < 1.29 is 19.8 Å². The summed E-state index contributed by atoms with van der Waals surface area (Å²) in [6, 6.07) is 14.5. The second-order valence-electron chi connectivity index (χ2n) is 5.20. The number of benzene rings is 3. The number of carboxylic acid groups (broad SMARTS) is 2. The molecule has 0 spiro atoms. The summed E-state index contributed by atoms with van der Waals surface area (Å²) in [4.78, 5) is 23.4. The lowest BCUT2D eigenvalue weighted by atomic mass is 9.73. The summed E-state index contributed by atoms with van der Waals surface area (Å²) >= 11 is 0. The van der Waals surface area contributed by atoms with Crippen molar-refractivity contribution in [1.82, 2.24) is 0 Å². The molecule has 0 aromatic heterocycles. The zero-order valence-electron chi connectivity index (χ0n) is 11.3. The number of hydrogen-bond donors (Lipinski definition) is 2. The summed E-state index contributed by atoms with van der Waals surface area (Å²) in [5.74, 6) is -2.44. The first-order valence-corrected chi connectivity index (χ1v) is 6.76. The zero-order valence-corrected chi connectivity index (χ0v) is 11.3. The highest BCUT2D eigenvalue weighted by atomic mass is 16.4. The second kappa shape index (κ2) is 4.18. The molecule has 4 rings (SSSR count). The van der Waals surface area contributed by atoms with Crippen molar-refractivity contribution in [3.8, 4) is 22.3 Å². The maximum atomic E-state index is 11.7. The summed E-state index contributed by atoms with van der Waals surface area (Å²) < 4.78 is 0. The predicted octanol–water partition coefficient (Wildman–Crippen LogP) is 3.88. The van der Waals surface area contributed by atoms with Gasteiger partial charge in [0.15, 0.2) is 0 Å². The van der Waals surface area contributed by atoms with E-state index in [9.17, 15) is 19.8 Å². The summed E-state index contributed by atoms with van der Waals surface area (Å²) in [7, 11) is 0. The van der Waals surface area contributed by atoms with Gasteiger partial charge in [-0.1, -0.05) is 48.5 Å². The molecule has 3 aromatic carbocycles. The Bertz CT molecular complexity index is 986. The highest BCUT2D eigenvalue weighted by Gasteiger charge is 2.34. The Kier molecular flexibility index (Phi) is 2.39. The molecule has 0 unspecified atom stereocenters. The van der Waals surface area contributed by atoms with Crippen molar-refractivity contribution in [2.75, 3.05) is 0 Å². The van der Waals surface area contributed by atoms with E-state index in [-0.39, 0.29) is 11.1 Å². The summed E-state index contributed by atoms with van der Waals surface area (Å²) in [5.41, 5.74) is 2.85. The largest absolute Gasteiger partial charge is 0.478 e. The van der Waals surface area contributed by atoms with Crippen LogP contribution in [0.5, 0.6) is 0 Å². The molecule has 0 atom stereocenters. The predicted molar refractivity (Wildman–Crippen MR) is 82.3 cm³/mol. The molecule has 0 amide bonds. The molecule has 0 fully saturated rings. The minimum absolute atomic E-state index is 0.125. The van der Waals surface area contributed by atoms with Crippen molar-refractivity contribution in [2.24, 2.45) is 0 Å². The van der Waals surface area contributed by atoms with Gasteiger partial charge < -0.3 is 10.2 Å². The maximum absolute atomic E-state index is 11.7. The fourth-order valence-electron chi connectivity index (χ4n) is 3.28. The van der Waals surface area contributed by atoms with Crippen LogP contribution in [-0.4, -0.2) is 22.2 Å². The number of rotatable bonds is 2. The molecule has 0 bridgehead atoms. The third-order valence-electron chi connectivity index (χ3n) is 4.11. The first kappa shape index (κ1) is 12.6. The molecular formula is C18H10O4. The van der Waals surface area contributed by atoms with E-state index in [0.717, 1.165) is 22.1 Å². The molecular weight excluding hydrogens is 280 g/mol. The van der Waals surface area contributed by atoms with E-state index >= 15 is 0 Å². The van der Waals surface area contributed by atoms with Crippen molar-refractivity contribution in [2.45, 2.75) is 0 Å².